The summed E-state index contributed by atoms with van der Waals surface area (Å²) in [4.78, 5) is 27.8. The second-order valence-corrected chi connectivity index (χ2v) is 6.48. The van der Waals surface area contributed by atoms with Crippen LogP contribution in [0, 0.1) is 0 Å². The van der Waals surface area contributed by atoms with Crippen LogP contribution in [0.1, 0.15) is 10.4 Å². The molecular formula is C20H19ClN2O3. The fraction of sp³-hybridized carbons (Fsp3) is 0.200. The van der Waals surface area contributed by atoms with Gasteiger partial charge in [0.05, 0.1) is 0 Å². The summed E-state index contributed by atoms with van der Waals surface area (Å²) < 4.78 is 0. The van der Waals surface area contributed by atoms with E-state index in [0.29, 0.717) is 42.3 Å². The maximum Gasteiger partial charge on any atom is 0.254 e. The number of piperazine rings is 1. The van der Waals surface area contributed by atoms with Crippen molar-refractivity contribution >= 4 is 23.4 Å². The first-order chi connectivity index (χ1) is 12.5. The Balaban J connectivity index is 1.82. The zero-order chi connectivity index (χ0) is 18.7. The number of amides is 2. The van der Waals surface area contributed by atoms with Crippen LogP contribution in [0.15, 0.2) is 55.1 Å². The lowest BCUT2D eigenvalue weighted by Gasteiger charge is -2.34. The predicted molar refractivity (Wildman–Crippen MR) is 101 cm³/mol. The summed E-state index contributed by atoms with van der Waals surface area (Å²) >= 11 is 6.23. The van der Waals surface area contributed by atoms with Crippen molar-refractivity contribution in [3.05, 3.63) is 65.7 Å². The second-order valence-electron chi connectivity index (χ2n) is 6.07. The molecule has 0 spiro atoms. The van der Waals surface area contributed by atoms with Gasteiger partial charge in [0.15, 0.2) is 0 Å². The smallest absolute Gasteiger partial charge is 0.254 e. The number of phenolic OH excluding ortho intramolecular Hbond substituents is 1. The minimum atomic E-state index is -0.181. The summed E-state index contributed by atoms with van der Waals surface area (Å²) in [5.74, 6) is -0.304. The van der Waals surface area contributed by atoms with Gasteiger partial charge in [-0.15, -0.1) is 0 Å². The second kappa shape index (κ2) is 7.62. The normalized spacial score (nSPS) is 14.2. The molecule has 1 N–H and O–H groups in total. The van der Waals surface area contributed by atoms with E-state index in [4.69, 9.17) is 11.6 Å². The summed E-state index contributed by atoms with van der Waals surface area (Å²) in [6.45, 7) is 5.29. The van der Waals surface area contributed by atoms with Gasteiger partial charge in [-0.2, -0.15) is 0 Å². The lowest BCUT2D eigenvalue weighted by molar-refractivity contribution is -0.127. The first-order valence-electron chi connectivity index (χ1n) is 8.29. The monoisotopic (exact) mass is 370 g/mol. The standard InChI is InChI=1S/C20H19ClN2O3/c1-2-19(25)22-7-9-23(10-8-22)20(26)15-11-14(12-16(24)13-15)17-5-3-4-6-18(17)21/h2-6,11-13,24H,1,7-10H2. The molecule has 2 aromatic carbocycles. The van der Waals surface area contributed by atoms with Crippen LogP contribution in [0.25, 0.3) is 11.1 Å². The van der Waals surface area contributed by atoms with Gasteiger partial charge in [-0.05, 0) is 35.9 Å². The molecular weight excluding hydrogens is 352 g/mol. The molecule has 26 heavy (non-hydrogen) atoms. The molecule has 0 aromatic heterocycles. The van der Waals surface area contributed by atoms with E-state index in [1.807, 2.05) is 18.2 Å². The number of phenols is 1. The van der Waals surface area contributed by atoms with Gasteiger partial charge in [-0.25, -0.2) is 0 Å². The fourth-order valence-electron chi connectivity index (χ4n) is 3.03. The van der Waals surface area contributed by atoms with Crippen LogP contribution in [-0.2, 0) is 4.79 Å². The van der Waals surface area contributed by atoms with Crippen molar-refractivity contribution in [1.29, 1.82) is 0 Å². The van der Waals surface area contributed by atoms with Gasteiger partial charge < -0.3 is 14.9 Å². The SMILES string of the molecule is C=CC(=O)N1CCN(C(=O)c2cc(O)cc(-c3ccccc3Cl)c2)CC1. The maximum absolute atomic E-state index is 12.8. The molecule has 2 amide bonds. The quantitative estimate of drug-likeness (QED) is 0.844. The highest BCUT2D eigenvalue weighted by Crippen LogP contribution is 2.31. The van der Waals surface area contributed by atoms with Gasteiger partial charge in [-0.1, -0.05) is 36.4 Å². The van der Waals surface area contributed by atoms with Gasteiger partial charge >= 0.3 is 0 Å². The van der Waals surface area contributed by atoms with Crippen molar-refractivity contribution in [2.45, 2.75) is 0 Å². The van der Waals surface area contributed by atoms with Crippen molar-refractivity contribution in [2.24, 2.45) is 0 Å². The number of benzene rings is 2. The minimum absolute atomic E-state index is 0.00578. The summed E-state index contributed by atoms with van der Waals surface area (Å²) in [5.41, 5.74) is 1.82. The molecule has 0 unspecified atom stereocenters. The van der Waals surface area contributed by atoms with Crippen LogP contribution in [0.3, 0.4) is 0 Å². The number of halogens is 1. The van der Waals surface area contributed by atoms with Crippen molar-refractivity contribution in [2.75, 3.05) is 26.2 Å². The van der Waals surface area contributed by atoms with Gasteiger partial charge in [-0.3, -0.25) is 9.59 Å². The Hall–Kier alpha value is -2.79. The third-order valence-electron chi connectivity index (χ3n) is 4.40. The average molecular weight is 371 g/mol. The fourth-order valence-corrected chi connectivity index (χ4v) is 3.27. The van der Waals surface area contributed by atoms with Crippen LogP contribution in [0.2, 0.25) is 5.02 Å². The molecule has 2 aromatic rings. The average Bonchev–Trinajstić information content (AvgIpc) is 2.66. The molecule has 1 saturated heterocycles. The van der Waals surface area contributed by atoms with Crippen molar-refractivity contribution in [3.8, 4) is 16.9 Å². The van der Waals surface area contributed by atoms with Crippen molar-refractivity contribution < 1.29 is 14.7 Å². The number of hydrogen-bond donors (Lipinski definition) is 1. The molecule has 1 heterocycles. The Bertz CT molecular complexity index is 858. The van der Waals surface area contributed by atoms with Crippen LogP contribution < -0.4 is 0 Å². The number of hydrogen-bond acceptors (Lipinski definition) is 3. The number of rotatable bonds is 3. The highest BCUT2D eigenvalue weighted by Gasteiger charge is 2.24. The lowest BCUT2D eigenvalue weighted by Crippen LogP contribution is -2.50. The molecule has 6 heteroatoms. The summed E-state index contributed by atoms with van der Waals surface area (Å²) in [6.07, 6.45) is 1.28. The maximum atomic E-state index is 12.8. The Kier molecular flexibility index (Phi) is 5.28. The molecule has 5 nitrogen and oxygen atoms in total. The van der Waals surface area contributed by atoms with E-state index in [-0.39, 0.29) is 17.6 Å². The number of nitrogens with zero attached hydrogens (tertiary/aromatic N) is 2. The molecule has 1 fully saturated rings. The van der Waals surface area contributed by atoms with E-state index >= 15 is 0 Å². The first-order valence-corrected chi connectivity index (χ1v) is 8.67. The van der Waals surface area contributed by atoms with E-state index in [2.05, 4.69) is 6.58 Å². The molecule has 0 aliphatic carbocycles. The van der Waals surface area contributed by atoms with Crippen LogP contribution in [-0.4, -0.2) is 52.9 Å². The highest BCUT2D eigenvalue weighted by molar-refractivity contribution is 6.33. The molecule has 1 aliphatic rings. The van der Waals surface area contributed by atoms with E-state index in [9.17, 15) is 14.7 Å². The topological polar surface area (TPSA) is 60.9 Å². The molecule has 3 rings (SSSR count). The Morgan fingerprint density at radius 3 is 2.35 bits per heavy atom. The third kappa shape index (κ3) is 3.73. The van der Waals surface area contributed by atoms with Gasteiger partial charge in [0.2, 0.25) is 5.91 Å². The molecule has 0 atom stereocenters. The molecule has 134 valence electrons. The molecule has 1 aliphatic heterocycles. The Labute approximate surface area is 157 Å². The van der Waals surface area contributed by atoms with E-state index in [0.717, 1.165) is 5.56 Å². The minimum Gasteiger partial charge on any atom is -0.508 e. The van der Waals surface area contributed by atoms with E-state index in [1.165, 1.54) is 12.1 Å². The predicted octanol–water partition coefficient (Wildman–Crippen LogP) is 3.18. The number of carbonyl (C=O) groups is 2. The third-order valence-corrected chi connectivity index (χ3v) is 4.73. The van der Waals surface area contributed by atoms with Crippen LogP contribution >= 0.6 is 11.6 Å². The molecule has 0 saturated carbocycles. The first kappa shape index (κ1) is 18.0. The van der Waals surface area contributed by atoms with E-state index < -0.39 is 0 Å². The molecule has 0 bridgehead atoms. The van der Waals surface area contributed by atoms with Gasteiger partial charge in [0.1, 0.15) is 5.75 Å². The van der Waals surface area contributed by atoms with Gasteiger partial charge in [0.25, 0.3) is 5.91 Å². The summed E-state index contributed by atoms with van der Waals surface area (Å²) in [7, 11) is 0. The lowest BCUT2D eigenvalue weighted by atomic mass is 10.0. The molecule has 0 radical (unpaired) electrons. The Morgan fingerprint density at radius 1 is 1.04 bits per heavy atom. The van der Waals surface area contributed by atoms with Crippen LogP contribution in [0.4, 0.5) is 0 Å². The zero-order valence-corrected chi connectivity index (χ0v) is 14.9. The van der Waals surface area contributed by atoms with Gasteiger partial charge in [0, 0.05) is 42.3 Å². The number of carbonyl (C=O) groups excluding carboxylic acids is 2. The zero-order valence-electron chi connectivity index (χ0n) is 14.2. The Morgan fingerprint density at radius 2 is 1.69 bits per heavy atom. The van der Waals surface area contributed by atoms with Crippen molar-refractivity contribution in [3.63, 3.8) is 0 Å². The number of aromatic hydroxyl groups is 1. The summed E-state index contributed by atoms with van der Waals surface area (Å²) in [5, 5.41) is 10.6. The highest BCUT2D eigenvalue weighted by atomic mass is 35.5. The largest absolute Gasteiger partial charge is 0.508 e. The van der Waals surface area contributed by atoms with Crippen molar-refractivity contribution in [1.82, 2.24) is 9.80 Å². The van der Waals surface area contributed by atoms with E-state index in [1.54, 1.807) is 28.0 Å². The summed E-state index contributed by atoms with van der Waals surface area (Å²) in [6, 6.07) is 12.0. The van der Waals surface area contributed by atoms with Crippen LogP contribution in [0.5, 0.6) is 5.75 Å².